The lowest BCUT2D eigenvalue weighted by molar-refractivity contribution is -0.384. The fraction of sp³-hybridized carbons (Fsp3) is 0.273. The van der Waals surface area contributed by atoms with Crippen molar-refractivity contribution in [2.24, 2.45) is 0 Å². The summed E-state index contributed by atoms with van der Waals surface area (Å²) in [6, 6.07) is 12.3. The number of hydrogen-bond donors (Lipinski definition) is 1. The van der Waals surface area contributed by atoms with Crippen molar-refractivity contribution >= 4 is 34.6 Å². The molecule has 1 aromatic heterocycles. The third-order valence-corrected chi connectivity index (χ3v) is 4.52. The van der Waals surface area contributed by atoms with Crippen LogP contribution in [-0.2, 0) is 0 Å². The van der Waals surface area contributed by atoms with E-state index >= 15 is 0 Å². The summed E-state index contributed by atoms with van der Waals surface area (Å²) < 4.78 is 5.17. The number of nitrogens with one attached hydrogen (secondary N) is 1. The minimum atomic E-state index is -0.418. The molecule has 3 rings (SSSR count). The van der Waals surface area contributed by atoms with Gasteiger partial charge in [0.2, 0.25) is 0 Å². The number of aromatic nitrogens is 2. The number of nitro groups is 1. The Kier molecular flexibility index (Phi) is 6.92. The second kappa shape index (κ2) is 9.80. The summed E-state index contributed by atoms with van der Waals surface area (Å²) in [6.45, 7) is 1.69. The van der Waals surface area contributed by atoms with Crippen molar-refractivity contribution in [1.82, 2.24) is 14.9 Å². The predicted octanol–water partition coefficient (Wildman–Crippen LogP) is 4.08. The van der Waals surface area contributed by atoms with Crippen molar-refractivity contribution in [2.45, 2.75) is 6.42 Å². The molecule has 0 aliphatic rings. The second-order valence-corrected chi connectivity index (χ2v) is 7.08. The van der Waals surface area contributed by atoms with Crippen molar-refractivity contribution in [3.05, 3.63) is 64.0 Å². The molecule has 156 valence electrons. The van der Waals surface area contributed by atoms with Crippen LogP contribution in [-0.4, -0.2) is 54.1 Å². The van der Waals surface area contributed by atoms with Gasteiger partial charge in [-0.25, -0.2) is 9.97 Å². The maximum absolute atomic E-state index is 11.2. The molecule has 0 aliphatic carbocycles. The third-order valence-electron chi connectivity index (χ3n) is 4.52. The zero-order valence-corrected chi connectivity index (χ0v) is 17.3. The highest BCUT2D eigenvalue weighted by Crippen LogP contribution is 2.25. The maximum atomic E-state index is 11.2. The smallest absolute Gasteiger partial charge is 0.271 e. The molecule has 0 radical (unpaired) electrons. The Bertz CT molecular complexity index is 1050. The van der Waals surface area contributed by atoms with Gasteiger partial charge in [-0.2, -0.15) is 0 Å². The summed E-state index contributed by atoms with van der Waals surface area (Å²) in [6.07, 6.45) is 4.64. The number of nitrogens with zero attached hydrogens (tertiary/aromatic N) is 4. The van der Waals surface area contributed by atoms with Crippen LogP contribution < -0.4 is 10.1 Å². The van der Waals surface area contributed by atoms with Gasteiger partial charge in [-0.1, -0.05) is 18.2 Å². The summed E-state index contributed by atoms with van der Waals surface area (Å²) in [5.74, 6) is 1.93. The normalized spacial score (nSPS) is 11.3. The number of nitro benzene ring substituents is 1. The van der Waals surface area contributed by atoms with Crippen LogP contribution in [0.1, 0.15) is 17.8 Å². The highest BCUT2D eigenvalue weighted by Gasteiger charge is 2.12. The predicted molar refractivity (Wildman–Crippen MR) is 120 cm³/mol. The van der Waals surface area contributed by atoms with Gasteiger partial charge in [0.15, 0.2) is 5.82 Å². The minimum Gasteiger partial charge on any atom is -0.497 e. The van der Waals surface area contributed by atoms with Crippen molar-refractivity contribution < 1.29 is 9.66 Å². The van der Waals surface area contributed by atoms with Crippen molar-refractivity contribution in [3.8, 4) is 5.75 Å². The Hall–Kier alpha value is -3.52. The van der Waals surface area contributed by atoms with Crippen LogP contribution >= 0.6 is 0 Å². The van der Waals surface area contributed by atoms with Gasteiger partial charge < -0.3 is 15.0 Å². The molecular weight excluding hydrogens is 382 g/mol. The van der Waals surface area contributed by atoms with Gasteiger partial charge in [0.25, 0.3) is 5.69 Å². The largest absolute Gasteiger partial charge is 0.497 e. The fourth-order valence-electron chi connectivity index (χ4n) is 2.95. The highest BCUT2D eigenvalue weighted by molar-refractivity contribution is 5.91. The summed E-state index contributed by atoms with van der Waals surface area (Å²) in [5, 5.41) is 15.3. The lowest BCUT2D eigenvalue weighted by Crippen LogP contribution is -2.17. The first kappa shape index (κ1) is 21.2. The van der Waals surface area contributed by atoms with E-state index in [1.807, 2.05) is 44.4 Å². The molecule has 0 aliphatic heterocycles. The first-order valence-corrected chi connectivity index (χ1v) is 9.63. The molecule has 0 bridgehead atoms. The highest BCUT2D eigenvalue weighted by atomic mass is 16.6. The van der Waals surface area contributed by atoms with Crippen LogP contribution in [0, 0.1) is 10.1 Å². The van der Waals surface area contributed by atoms with E-state index in [2.05, 4.69) is 20.2 Å². The molecule has 0 amide bonds. The summed E-state index contributed by atoms with van der Waals surface area (Å²) in [5.41, 5.74) is 1.51. The van der Waals surface area contributed by atoms with Gasteiger partial charge in [-0.15, -0.1) is 0 Å². The fourth-order valence-corrected chi connectivity index (χ4v) is 2.95. The number of rotatable bonds is 9. The van der Waals surface area contributed by atoms with Gasteiger partial charge in [0.05, 0.1) is 17.5 Å². The van der Waals surface area contributed by atoms with E-state index in [0.717, 1.165) is 36.2 Å². The number of methoxy groups -OCH3 is 1. The Morgan fingerprint density at radius 2 is 1.90 bits per heavy atom. The molecule has 0 spiro atoms. The first-order chi connectivity index (χ1) is 14.5. The lowest BCUT2D eigenvalue weighted by Gasteiger charge is -2.12. The number of ether oxygens (including phenoxy) is 1. The summed E-state index contributed by atoms with van der Waals surface area (Å²) in [4.78, 5) is 22.0. The Labute approximate surface area is 175 Å². The zero-order chi connectivity index (χ0) is 21.5. The molecule has 30 heavy (non-hydrogen) atoms. The van der Waals surface area contributed by atoms with Crippen LogP contribution in [0.2, 0.25) is 0 Å². The van der Waals surface area contributed by atoms with E-state index in [1.165, 1.54) is 12.1 Å². The number of anilines is 1. The molecule has 0 atom stereocenters. The average Bonchev–Trinajstić information content (AvgIpc) is 2.74. The van der Waals surface area contributed by atoms with Crippen molar-refractivity contribution in [3.63, 3.8) is 0 Å². The van der Waals surface area contributed by atoms with Crippen molar-refractivity contribution in [2.75, 3.05) is 39.6 Å². The maximum Gasteiger partial charge on any atom is 0.271 e. The monoisotopic (exact) mass is 407 g/mol. The first-order valence-electron chi connectivity index (χ1n) is 9.63. The Balaban J connectivity index is 1.91. The second-order valence-electron chi connectivity index (χ2n) is 7.08. The van der Waals surface area contributed by atoms with E-state index in [1.54, 1.807) is 19.3 Å². The van der Waals surface area contributed by atoms with Gasteiger partial charge >= 0.3 is 0 Å². The van der Waals surface area contributed by atoms with Gasteiger partial charge in [-0.3, -0.25) is 10.1 Å². The summed E-state index contributed by atoms with van der Waals surface area (Å²) >= 11 is 0. The molecule has 0 fully saturated rings. The van der Waals surface area contributed by atoms with Gasteiger partial charge in [-0.05, 0) is 56.9 Å². The Morgan fingerprint density at radius 3 is 2.57 bits per heavy atom. The number of hydrogen-bond acceptors (Lipinski definition) is 7. The van der Waals surface area contributed by atoms with Crippen LogP contribution in [0.15, 0.2) is 42.5 Å². The zero-order valence-electron chi connectivity index (χ0n) is 17.3. The Morgan fingerprint density at radius 1 is 1.13 bits per heavy atom. The SMILES string of the molecule is COc1ccc(C=Cc2nc(NCCCN(C)C)c3ccc([N+](=O)[O-])cc3n2)cc1. The van der Waals surface area contributed by atoms with Crippen LogP contribution in [0.4, 0.5) is 11.5 Å². The quantitative estimate of drug-likeness (QED) is 0.324. The van der Waals surface area contributed by atoms with E-state index in [-0.39, 0.29) is 5.69 Å². The van der Waals surface area contributed by atoms with E-state index in [9.17, 15) is 10.1 Å². The van der Waals surface area contributed by atoms with Gasteiger partial charge in [0.1, 0.15) is 11.6 Å². The van der Waals surface area contributed by atoms with E-state index in [0.29, 0.717) is 17.2 Å². The number of benzene rings is 2. The molecule has 8 heteroatoms. The number of non-ortho nitro benzene ring substituents is 1. The molecular formula is C22H25N5O3. The molecule has 0 saturated carbocycles. The molecule has 8 nitrogen and oxygen atoms in total. The molecule has 0 unspecified atom stereocenters. The topological polar surface area (TPSA) is 93.4 Å². The molecule has 2 aromatic carbocycles. The van der Waals surface area contributed by atoms with Gasteiger partial charge in [0, 0.05) is 24.1 Å². The molecule has 1 N–H and O–H groups in total. The standard InChI is InChI=1S/C22H25N5O3/c1-26(2)14-4-13-23-22-19-11-8-17(27(28)29)15-20(19)24-21(25-22)12-7-16-5-9-18(30-3)10-6-16/h5-12,15H,4,13-14H2,1-3H3,(H,23,24,25). The third kappa shape index (κ3) is 5.51. The minimum absolute atomic E-state index is 0.00448. The lowest BCUT2D eigenvalue weighted by atomic mass is 10.2. The van der Waals surface area contributed by atoms with Crippen molar-refractivity contribution in [1.29, 1.82) is 0 Å². The molecule has 0 saturated heterocycles. The molecule has 1 heterocycles. The number of fused-ring (bicyclic) bond motifs is 1. The summed E-state index contributed by atoms with van der Waals surface area (Å²) in [7, 11) is 5.68. The van der Waals surface area contributed by atoms with Crippen LogP contribution in [0.5, 0.6) is 5.75 Å². The van der Waals surface area contributed by atoms with E-state index in [4.69, 9.17) is 4.74 Å². The molecule has 3 aromatic rings. The average molecular weight is 407 g/mol. The van der Waals surface area contributed by atoms with Crippen LogP contribution in [0.3, 0.4) is 0 Å². The van der Waals surface area contributed by atoms with E-state index < -0.39 is 4.92 Å². The van der Waals surface area contributed by atoms with Crippen LogP contribution in [0.25, 0.3) is 23.1 Å².